The Hall–Kier alpha value is -3.52. The van der Waals surface area contributed by atoms with E-state index in [9.17, 15) is 9.59 Å². The Morgan fingerprint density at radius 3 is 2.68 bits per heavy atom. The molecule has 2 heterocycles. The van der Waals surface area contributed by atoms with Crippen molar-refractivity contribution in [2.45, 2.75) is 33.3 Å². The van der Waals surface area contributed by atoms with Crippen molar-refractivity contribution in [3.05, 3.63) is 86.8 Å². The normalized spacial score (nSPS) is 11.1. The second-order valence-corrected chi connectivity index (χ2v) is 8.50. The number of nitrogens with one attached hydrogen (secondary N) is 1. The van der Waals surface area contributed by atoms with Crippen molar-refractivity contribution in [1.82, 2.24) is 14.6 Å². The Morgan fingerprint density at radius 2 is 1.94 bits per heavy atom. The lowest BCUT2D eigenvalue weighted by atomic mass is 10.1. The standard InChI is InChI=1S/C23H22N4O3S/c1-14(2)22-26-27-20(28)12-18(25-23(27)31-22)13-30-19-6-4-5-17(11-19)24-21(29)16-9-7-15(3)8-10-16/h4-12,14H,13H2,1-3H3,(H,24,29). The molecule has 2 aromatic heterocycles. The molecule has 0 atom stereocenters. The maximum Gasteiger partial charge on any atom is 0.275 e. The van der Waals surface area contributed by atoms with Crippen LogP contribution in [-0.4, -0.2) is 20.5 Å². The smallest absolute Gasteiger partial charge is 0.275 e. The minimum absolute atomic E-state index is 0.135. The SMILES string of the molecule is Cc1ccc(C(=O)Nc2cccc(OCc3cc(=O)n4nc(C(C)C)sc4n3)c2)cc1. The summed E-state index contributed by atoms with van der Waals surface area (Å²) in [4.78, 5) is 29.8. The average molecular weight is 435 g/mol. The highest BCUT2D eigenvalue weighted by Crippen LogP contribution is 2.21. The van der Waals surface area contributed by atoms with Gasteiger partial charge in [0.2, 0.25) is 4.96 Å². The number of aromatic nitrogens is 3. The molecule has 7 nitrogen and oxygen atoms in total. The van der Waals surface area contributed by atoms with E-state index < -0.39 is 0 Å². The quantitative estimate of drug-likeness (QED) is 0.486. The van der Waals surface area contributed by atoms with Gasteiger partial charge in [-0.15, -0.1) is 0 Å². The highest BCUT2D eigenvalue weighted by atomic mass is 32.1. The van der Waals surface area contributed by atoms with Crippen molar-refractivity contribution in [3.63, 3.8) is 0 Å². The lowest BCUT2D eigenvalue weighted by Crippen LogP contribution is -2.16. The third-order valence-electron chi connectivity index (χ3n) is 4.60. The van der Waals surface area contributed by atoms with Crippen molar-refractivity contribution in [3.8, 4) is 5.75 Å². The van der Waals surface area contributed by atoms with Gasteiger partial charge in [0.15, 0.2) is 0 Å². The molecule has 0 spiro atoms. The molecule has 4 rings (SSSR count). The van der Waals surface area contributed by atoms with Crippen LogP contribution in [0, 0.1) is 6.92 Å². The van der Waals surface area contributed by atoms with Gasteiger partial charge < -0.3 is 10.1 Å². The van der Waals surface area contributed by atoms with Crippen molar-refractivity contribution in [2.75, 3.05) is 5.32 Å². The molecule has 0 saturated carbocycles. The van der Waals surface area contributed by atoms with Gasteiger partial charge in [0.1, 0.15) is 17.4 Å². The van der Waals surface area contributed by atoms with E-state index in [4.69, 9.17) is 4.74 Å². The number of carbonyl (C=O) groups excluding carboxylic acids is 1. The van der Waals surface area contributed by atoms with Crippen molar-refractivity contribution in [1.29, 1.82) is 0 Å². The van der Waals surface area contributed by atoms with Crippen LogP contribution in [0.1, 0.15) is 46.4 Å². The zero-order chi connectivity index (χ0) is 22.0. The highest BCUT2D eigenvalue weighted by Gasteiger charge is 2.12. The van der Waals surface area contributed by atoms with Crippen LogP contribution in [-0.2, 0) is 6.61 Å². The van der Waals surface area contributed by atoms with Gasteiger partial charge in [-0.2, -0.15) is 9.61 Å². The van der Waals surface area contributed by atoms with Gasteiger partial charge >= 0.3 is 0 Å². The molecule has 0 radical (unpaired) electrons. The van der Waals surface area contributed by atoms with Gasteiger partial charge in [-0.1, -0.05) is 48.9 Å². The van der Waals surface area contributed by atoms with E-state index in [0.717, 1.165) is 10.6 Å². The second kappa shape index (κ2) is 8.69. The minimum Gasteiger partial charge on any atom is -0.487 e. The molecule has 1 amide bonds. The van der Waals surface area contributed by atoms with Gasteiger partial charge in [-0.25, -0.2) is 4.98 Å². The molecule has 0 aliphatic heterocycles. The molecule has 0 aliphatic rings. The maximum absolute atomic E-state index is 12.4. The fourth-order valence-electron chi connectivity index (χ4n) is 2.91. The Bertz CT molecular complexity index is 1290. The van der Waals surface area contributed by atoms with Crippen LogP contribution in [0.5, 0.6) is 5.75 Å². The van der Waals surface area contributed by atoms with Crippen LogP contribution in [0.2, 0.25) is 0 Å². The molecule has 158 valence electrons. The zero-order valence-corrected chi connectivity index (χ0v) is 18.3. The molecule has 8 heteroatoms. The highest BCUT2D eigenvalue weighted by molar-refractivity contribution is 7.16. The van der Waals surface area contributed by atoms with Gasteiger partial charge in [-0.05, 0) is 31.2 Å². The first kappa shape index (κ1) is 20.7. The number of hydrogen-bond acceptors (Lipinski definition) is 6. The number of benzene rings is 2. The van der Waals surface area contributed by atoms with Gasteiger partial charge in [-0.3, -0.25) is 9.59 Å². The summed E-state index contributed by atoms with van der Waals surface area (Å²) < 4.78 is 7.14. The second-order valence-electron chi connectivity index (χ2n) is 7.51. The van der Waals surface area contributed by atoms with Gasteiger partial charge in [0.25, 0.3) is 11.5 Å². The third-order valence-corrected chi connectivity index (χ3v) is 5.81. The monoisotopic (exact) mass is 434 g/mol. The van der Waals surface area contributed by atoms with Crippen molar-refractivity contribution >= 4 is 27.9 Å². The number of fused-ring (bicyclic) bond motifs is 1. The summed E-state index contributed by atoms with van der Waals surface area (Å²) in [7, 11) is 0. The Kier molecular flexibility index (Phi) is 5.81. The molecule has 1 N–H and O–H groups in total. The van der Waals surface area contributed by atoms with E-state index in [1.165, 1.54) is 21.9 Å². The minimum atomic E-state index is -0.231. The lowest BCUT2D eigenvalue weighted by molar-refractivity contribution is 0.102. The lowest BCUT2D eigenvalue weighted by Gasteiger charge is -2.09. The number of carbonyl (C=O) groups is 1. The fourth-order valence-corrected chi connectivity index (χ4v) is 3.83. The molecule has 2 aromatic carbocycles. The van der Waals surface area contributed by atoms with Crippen molar-refractivity contribution < 1.29 is 9.53 Å². The topological polar surface area (TPSA) is 85.6 Å². The molecular weight excluding hydrogens is 412 g/mol. The van der Waals surface area contributed by atoms with Gasteiger partial charge in [0, 0.05) is 29.3 Å². The Balaban J connectivity index is 1.46. The molecule has 0 unspecified atom stereocenters. The molecule has 0 aliphatic carbocycles. The third kappa shape index (κ3) is 4.80. The molecule has 31 heavy (non-hydrogen) atoms. The summed E-state index contributed by atoms with van der Waals surface area (Å²) in [5, 5.41) is 8.05. The molecule has 0 bridgehead atoms. The first-order chi connectivity index (χ1) is 14.9. The summed E-state index contributed by atoms with van der Waals surface area (Å²) in [6.45, 7) is 6.16. The summed E-state index contributed by atoms with van der Waals surface area (Å²) in [6, 6.07) is 15.9. The molecule has 4 aromatic rings. The van der Waals surface area contributed by atoms with Crippen LogP contribution in [0.3, 0.4) is 0 Å². The van der Waals surface area contributed by atoms with Gasteiger partial charge in [0.05, 0.1) is 5.69 Å². The van der Waals surface area contributed by atoms with E-state index in [0.29, 0.717) is 27.7 Å². The summed E-state index contributed by atoms with van der Waals surface area (Å²) >= 11 is 1.40. The molecule has 0 saturated heterocycles. The van der Waals surface area contributed by atoms with Crippen molar-refractivity contribution in [2.24, 2.45) is 0 Å². The van der Waals surface area contributed by atoms with Crippen LogP contribution in [0.15, 0.2) is 59.4 Å². The number of rotatable bonds is 6. The van der Waals surface area contributed by atoms with E-state index in [2.05, 4.69) is 15.4 Å². The van der Waals surface area contributed by atoms with E-state index >= 15 is 0 Å². The summed E-state index contributed by atoms with van der Waals surface area (Å²) in [5.41, 5.74) is 2.59. The summed E-state index contributed by atoms with van der Waals surface area (Å²) in [6.07, 6.45) is 0. The number of nitrogens with zero attached hydrogens (tertiary/aromatic N) is 3. The van der Waals surface area contributed by atoms with Crippen LogP contribution < -0.4 is 15.6 Å². The largest absolute Gasteiger partial charge is 0.487 e. The van der Waals surface area contributed by atoms with E-state index in [-0.39, 0.29) is 24.0 Å². The van der Waals surface area contributed by atoms with E-state index in [1.54, 1.807) is 36.4 Å². The Morgan fingerprint density at radius 1 is 1.16 bits per heavy atom. The number of aryl methyl sites for hydroxylation is 1. The molecular formula is C23H22N4O3S. The first-order valence-electron chi connectivity index (χ1n) is 9.89. The fraction of sp³-hybridized carbons (Fsp3) is 0.217. The van der Waals surface area contributed by atoms with Crippen LogP contribution >= 0.6 is 11.3 Å². The number of amides is 1. The average Bonchev–Trinajstić information content (AvgIpc) is 3.18. The zero-order valence-electron chi connectivity index (χ0n) is 17.5. The predicted octanol–water partition coefficient (Wildman–Crippen LogP) is 4.41. The molecule has 0 fully saturated rings. The first-order valence-corrected chi connectivity index (χ1v) is 10.7. The van der Waals surface area contributed by atoms with E-state index in [1.807, 2.05) is 32.9 Å². The number of ether oxygens (including phenoxy) is 1. The number of hydrogen-bond donors (Lipinski definition) is 1. The predicted molar refractivity (Wildman–Crippen MR) is 121 cm³/mol. The maximum atomic E-state index is 12.4. The Labute approximate surface area is 183 Å². The van der Waals surface area contributed by atoms with Crippen LogP contribution in [0.25, 0.3) is 4.96 Å². The summed E-state index contributed by atoms with van der Waals surface area (Å²) in [5.74, 6) is 0.600. The van der Waals surface area contributed by atoms with Crippen LogP contribution in [0.4, 0.5) is 5.69 Å². The number of anilines is 1.